The first-order valence-electron chi connectivity index (χ1n) is 11.4. The molecule has 1 aliphatic heterocycles. The first kappa shape index (κ1) is 21.0. The number of aryl methyl sites for hydroxylation is 1. The van der Waals surface area contributed by atoms with E-state index in [0.29, 0.717) is 6.04 Å². The Morgan fingerprint density at radius 3 is 2.47 bits per heavy atom. The number of aromatic nitrogens is 2. The van der Waals surface area contributed by atoms with Gasteiger partial charge in [0, 0.05) is 29.3 Å². The van der Waals surface area contributed by atoms with E-state index >= 15 is 0 Å². The predicted molar refractivity (Wildman–Crippen MR) is 131 cm³/mol. The molecule has 2 aliphatic rings. The summed E-state index contributed by atoms with van der Waals surface area (Å²) in [6, 6.07) is 17.4. The fourth-order valence-corrected chi connectivity index (χ4v) is 5.88. The lowest BCUT2D eigenvalue weighted by Crippen LogP contribution is -2.37. The standard InChI is InChI=1S/C26H30N4OS/c1-17-16-22(18(2)29(17)20-11-13-21(31-3)14-12-20)25-24(23-10-6-7-15-27-23)28-26(32)30(25)19-8-4-5-9-19/h6-7,10-16,19,24-25H,4-5,8-9H2,1-3H3,(H,28,32)/t24-,25-/m0/s1. The molecule has 6 heteroatoms. The molecule has 5 nitrogen and oxygen atoms in total. The van der Waals surface area contributed by atoms with Gasteiger partial charge in [-0.2, -0.15) is 0 Å². The topological polar surface area (TPSA) is 42.3 Å². The second-order valence-electron chi connectivity index (χ2n) is 8.83. The average Bonchev–Trinajstić information content (AvgIpc) is 3.52. The number of hydrogen-bond acceptors (Lipinski definition) is 3. The maximum atomic E-state index is 5.90. The van der Waals surface area contributed by atoms with Crippen LogP contribution >= 0.6 is 12.2 Å². The summed E-state index contributed by atoms with van der Waals surface area (Å²) >= 11 is 5.90. The van der Waals surface area contributed by atoms with Crippen molar-refractivity contribution in [1.29, 1.82) is 0 Å². The van der Waals surface area contributed by atoms with Crippen molar-refractivity contribution in [2.75, 3.05) is 7.11 Å². The number of pyridine rings is 1. The quantitative estimate of drug-likeness (QED) is 0.531. The van der Waals surface area contributed by atoms with E-state index in [0.717, 1.165) is 22.2 Å². The van der Waals surface area contributed by atoms with Gasteiger partial charge in [0.15, 0.2) is 5.11 Å². The molecule has 3 aromatic rings. The van der Waals surface area contributed by atoms with E-state index in [4.69, 9.17) is 21.9 Å². The van der Waals surface area contributed by atoms with Gasteiger partial charge >= 0.3 is 0 Å². The van der Waals surface area contributed by atoms with Crippen LogP contribution in [0.15, 0.2) is 54.7 Å². The molecule has 0 radical (unpaired) electrons. The van der Waals surface area contributed by atoms with Gasteiger partial charge in [-0.1, -0.05) is 18.9 Å². The number of benzene rings is 1. The van der Waals surface area contributed by atoms with Gasteiger partial charge in [-0.05, 0) is 86.9 Å². The van der Waals surface area contributed by atoms with E-state index < -0.39 is 0 Å². The summed E-state index contributed by atoms with van der Waals surface area (Å²) in [6.07, 6.45) is 6.82. The average molecular weight is 447 g/mol. The van der Waals surface area contributed by atoms with Crippen LogP contribution in [0.25, 0.3) is 5.69 Å². The zero-order valence-electron chi connectivity index (χ0n) is 18.9. The Kier molecular flexibility index (Phi) is 5.64. The molecular formula is C26H30N4OS. The normalized spacial score (nSPS) is 21.2. The maximum Gasteiger partial charge on any atom is 0.170 e. The second kappa shape index (κ2) is 8.58. The van der Waals surface area contributed by atoms with Crippen LogP contribution in [0.4, 0.5) is 0 Å². The van der Waals surface area contributed by atoms with E-state index in [1.54, 1.807) is 7.11 Å². The van der Waals surface area contributed by atoms with Crippen LogP contribution in [-0.2, 0) is 0 Å². The van der Waals surface area contributed by atoms with Crippen LogP contribution in [0.5, 0.6) is 5.75 Å². The highest BCUT2D eigenvalue weighted by molar-refractivity contribution is 7.80. The molecule has 2 atom stereocenters. The van der Waals surface area contributed by atoms with Crippen LogP contribution in [0, 0.1) is 13.8 Å². The second-order valence-corrected chi connectivity index (χ2v) is 9.22. The highest BCUT2D eigenvalue weighted by Gasteiger charge is 2.44. The molecule has 32 heavy (non-hydrogen) atoms. The zero-order valence-corrected chi connectivity index (χ0v) is 19.7. The highest BCUT2D eigenvalue weighted by atomic mass is 32.1. The molecule has 1 aliphatic carbocycles. The number of rotatable bonds is 5. The maximum absolute atomic E-state index is 5.90. The fraction of sp³-hybridized carbons (Fsp3) is 0.385. The van der Waals surface area contributed by atoms with Crippen molar-refractivity contribution in [2.24, 2.45) is 0 Å². The first-order chi connectivity index (χ1) is 15.6. The number of methoxy groups -OCH3 is 1. The third-order valence-electron chi connectivity index (χ3n) is 6.97. The van der Waals surface area contributed by atoms with E-state index in [9.17, 15) is 0 Å². The monoisotopic (exact) mass is 446 g/mol. The number of hydrogen-bond donors (Lipinski definition) is 1. The number of ether oxygens (including phenoxy) is 1. The zero-order chi connectivity index (χ0) is 22.2. The fourth-order valence-electron chi connectivity index (χ4n) is 5.49. The SMILES string of the molecule is COc1ccc(-n2c(C)cc([C@H]3[C@H](c4ccccn4)NC(=S)N3C3CCCC3)c2C)cc1. The summed E-state index contributed by atoms with van der Waals surface area (Å²) < 4.78 is 7.68. The summed E-state index contributed by atoms with van der Waals surface area (Å²) in [6.45, 7) is 4.40. The third kappa shape index (κ3) is 3.56. The van der Waals surface area contributed by atoms with Crippen LogP contribution in [-0.4, -0.2) is 32.7 Å². The number of nitrogens with zero attached hydrogens (tertiary/aromatic N) is 3. The van der Waals surface area contributed by atoms with Crippen molar-refractivity contribution in [3.8, 4) is 11.4 Å². The van der Waals surface area contributed by atoms with Crippen molar-refractivity contribution >= 4 is 17.3 Å². The minimum absolute atomic E-state index is 0.0362. The van der Waals surface area contributed by atoms with Crippen LogP contribution in [0.2, 0.25) is 0 Å². The molecule has 0 amide bonds. The van der Waals surface area contributed by atoms with E-state index in [2.05, 4.69) is 59.0 Å². The van der Waals surface area contributed by atoms with Crippen molar-refractivity contribution in [2.45, 2.75) is 57.7 Å². The molecule has 0 unspecified atom stereocenters. The van der Waals surface area contributed by atoms with E-state index in [1.165, 1.54) is 42.6 Å². The number of thiocarbonyl (C=S) groups is 1. The summed E-state index contributed by atoms with van der Waals surface area (Å²) in [5.41, 5.74) is 5.95. The van der Waals surface area contributed by atoms with Gasteiger partial charge in [0.1, 0.15) is 5.75 Å². The van der Waals surface area contributed by atoms with Gasteiger partial charge in [-0.25, -0.2) is 0 Å². The van der Waals surface area contributed by atoms with Gasteiger partial charge in [-0.3, -0.25) is 4.98 Å². The molecule has 3 heterocycles. The number of nitrogens with one attached hydrogen (secondary N) is 1. The molecule has 1 N–H and O–H groups in total. The Hall–Kier alpha value is -2.86. The molecule has 2 fully saturated rings. The minimum atomic E-state index is 0.0362. The molecular weight excluding hydrogens is 416 g/mol. The Bertz CT molecular complexity index is 1100. The van der Waals surface area contributed by atoms with Gasteiger partial charge in [0.25, 0.3) is 0 Å². The Morgan fingerprint density at radius 1 is 1.06 bits per heavy atom. The minimum Gasteiger partial charge on any atom is -0.497 e. The molecule has 166 valence electrons. The van der Waals surface area contributed by atoms with Gasteiger partial charge in [0.05, 0.1) is 24.9 Å². The molecule has 0 spiro atoms. The smallest absolute Gasteiger partial charge is 0.170 e. The lowest BCUT2D eigenvalue weighted by Gasteiger charge is -2.33. The van der Waals surface area contributed by atoms with Crippen LogP contribution < -0.4 is 10.1 Å². The van der Waals surface area contributed by atoms with Gasteiger partial charge in [-0.15, -0.1) is 0 Å². The molecule has 2 aromatic heterocycles. The first-order valence-corrected chi connectivity index (χ1v) is 11.8. The van der Waals surface area contributed by atoms with Crippen molar-refractivity contribution in [3.05, 3.63) is 77.4 Å². The lowest BCUT2D eigenvalue weighted by molar-refractivity contribution is 0.245. The lowest BCUT2D eigenvalue weighted by atomic mass is 9.95. The molecule has 0 bridgehead atoms. The Morgan fingerprint density at radius 2 is 1.81 bits per heavy atom. The summed E-state index contributed by atoms with van der Waals surface area (Å²) in [7, 11) is 1.70. The molecule has 1 saturated heterocycles. The molecule has 5 rings (SSSR count). The van der Waals surface area contributed by atoms with Gasteiger partial charge < -0.3 is 19.5 Å². The molecule has 1 saturated carbocycles. The predicted octanol–water partition coefficient (Wildman–Crippen LogP) is 5.41. The largest absolute Gasteiger partial charge is 0.497 e. The van der Waals surface area contributed by atoms with Crippen molar-refractivity contribution in [1.82, 2.24) is 19.8 Å². The Labute approximate surface area is 195 Å². The summed E-state index contributed by atoms with van der Waals surface area (Å²) in [5, 5.41) is 4.48. The summed E-state index contributed by atoms with van der Waals surface area (Å²) in [5.74, 6) is 0.865. The van der Waals surface area contributed by atoms with E-state index in [-0.39, 0.29) is 12.1 Å². The highest BCUT2D eigenvalue weighted by Crippen LogP contribution is 2.44. The van der Waals surface area contributed by atoms with Crippen LogP contribution in [0.1, 0.15) is 60.4 Å². The summed E-state index contributed by atoms with van der Waals surface area (Å²) in [4.78, 5) is 7.17. The van der Waals surface area contributed by atoms with Crippen molar-refractivity contribution in [3.63, 3.8) is 0 Å². The Balaban J connectivity index is 1.61. The van der Waals surface area contributed by atoms with E-state index in [1.807, 2.05) is 24.4 Å². The van der Waals surface area contributed by atoms with Gasteiger partial charge in [0.2, 0.25) is 0 Å². The molecule has 1 aromatic carbocycles. The van der Waals surface area contributed by atoms with Crippen molar-refractivity contribution < 1.29 is 4.74 Å². The van der Waals surface area contributed by atoms with Crippen LogP contribution in [0.3, 0.4) is 0 Å². The third-order valence-corrected chi connectivity index (χ3v) is 7.30.